The maximum atomic E-state index is 10.9. The summed E-state index contributed by atoms with van der Waals surface area (Å²) in [6.45, 7) is 0.955. The van der Waals surface area contributed by atoms with Crippen molar-refractivity contribution >= 4 is 11.4 Å². The Morgan fingerprint density at radius 1 is 1.16 bits per heavy atom. The van der Waals surface area contributed by atoms with Crippen LogP contribution in [-0.2, 0) is 0 Å². The van der Waals surface area contributed by atoms with Gasteiger partial charge in [0.15, 0.2) is 5.75 Å². The summed E-state index contributed by atoms with van der Waals surface area (Å²) < 4.78 is 5.98. The Labute approximate surface area is 110 Å². The molecule has 0 aliphatic carbocycles. The van der Waals surface area contributed by atoms with Gasteiger partial charge in [-0.05, 0) is 6.07 Å². The van der Waals surface area contributed by atoms with Crippen LogP contribution in [0.1, 0.15) is 0 Å². The molecule has 1 aromatic rings. The molecular weight excluding hydrogens is 254 g/mol. The molecule has 0 unspecified atom stereocenters. The summed E-state index contributed by atoms with van der Waals surface area (Å²) >= 11 is 0. The van der Waals surface area contributed by atoms with Gasteiger partial charge in [0.05, 0.1) is 37.1 Å². The minimum absolute atomic E-state index is 0.0454. The minimum Gasteiger partial charge on any atom is -0.481 e. The number of nitro groups is 2. The molecule has 0 aromatic heterocycles. The molecule has 0 bridgehead atoms. The maximum absolute atomic E-state index is 10.9. The van der Waals surface area contributed by atoms with Crippen LogP contribution in [0.3, 0.4) is 0 Å². The highest BCUT2D eigenvalue weighted by molar-refractivity contribution is 5.53. The Bertz CT molecular complexity index is 496. The standard InChI is InChI=1S/C11H16N3O5/c1-14(2,3)6-7-19-11-5-4-9(12(15)16)8-10(11)13(17)18/h4-5,8H,6-7H2,1-3H3/q+1. The Morgan fingerprint density at radius 2 is 1.79 bits per heavy atom. The van der Waals surface area contributed by atoms with Gasteiger partial charge in [0.2, 0.25) is 0 Å². The summed E-state index contributed by atoms with van der Waals surface area (Å²) in [6, 6.07) is 3.35. The van der Waals surface area contributed by atoms with Gasteiger partial charge in [0.1, 0.15) is 13.2 Å². The number of ether oxygens (including phenoxy) is 1. The number of non-ortho nitro benzene ring substituents is 1. The van der Waals surface area contributed by atoms with Gasteiger partial charge in [-0.1, -0.05) is 0 Å². The summed E-state index contributed by atoms with van der Waals surface area (Å²) in [5.74, 6) is 0.0454. The molecule has 8 heteroatoms. The van der Waals surface area contributed by atoms with E-state index in [1.54, 1.807) is 0 Å². The number of nitrogens with zero attached hydrogens (tertiary/aromatic N) is 3. The Kier molecular flexibility index (Phi) is 4.38. The van der Waals surface area contributed by atoms with Crippen molar-refractivity contribution in [1.82, 2.24) is 0 Å². The molecule has 19 heavy (non-hydrogen) atoms. The Balaban J connectivity index is 2.89. The van der Waals surface area contributed by atoms with Crippen molar-refractivity contribution in [2.24, 2.45) is 0 Å². The Hall–Kier alpha value is -2.22. The molecule has 0 saturated heterocycles. The molecular formula is C11H16N3O5+. The first-order chi connectivity index (χ1) is 8.70. The molecule has 0 saturated carbocycles. The van der Waals surface area contributed by atoms with Crippen LogP contribution in [0, 0.1) is 20.2 Å². The van der Waals surface area contributed by atoms with Crippen molar-refractivity contribution in [3.63, 3.8) is 0 Å². The van der Waals surface area contributed by atoms with E-state index in [4.69, 9.17) is 4.74 Å². The van der Waals surface area contributed by atoms with E-state index in [2.05, 4.69) is 0 Å². The lowest BCUT2D eigenvalue weighted by Gasteiger charge is -2.23. The van der Waals surface area contributed by atoms with E-state index in [0.29, 0.717) is 17.6 Å². The molecule has 0 heterocycles. The van der Waals surface area contributed by atoms with E-state index in [1.807, 2.05) is 21.1 Å². The van der Waals surface area contributed by atoms with Crippen molar-refractivity contribution in [1.29, 1.82) is 0 Å². The van der Waals surface area contributed by atoms with Gasteiger partial charge in [-0.25, -0.2) is 0 Å². The molecule has 0 radical (unpaired) electrons. The van der Waals surface area contributed by atoms with Gasteiger partial charge in [0.25, 0.3) is 5.69 Å². The molecule has 0 fully saturated rings. The van der Waals surface area contributed by atoms with E-state index in [-0.39, 0.29) is 11.4 Å². The van der Waals surface area contributed by atoms with E-state index >= 15 is 0 Å². The van der Waals surface area contributed by atoms with Crippen LogP contribution in [0.4, 0.5) is 11.4 Å². The average Bonchev–Trinajstić information content (AvgIpc) is 2.27. The third-order valence-electron chi connectivity index (χ3n) is 2.37. The number of rotatable bonds is 6. The highest BCUT2D eigenvalue weighted by atomic mass is 16.6. The molecule has 0 amide bonds. The number of hydrogen-bond acceptors (Lipinski definition) is 5. The third kappa shape index (κ3) is 4.51. The zero-order valence-corrected chi connectivity index (χ0v) is 11.0. The van der Waals surface area contributed by atoms with Crippen LogP contribution in [0.2, 0.25) is 0 Å². The summed E-state index contributed by atoms with van der Waals surface area (Å²) in [4.78, 5) is 20.1. The quantitative estimate of drug-likeness (QED) is 0.444. The summed E-state index contributed by atoms with van der Waals surface area (Å²) in [6.07, 6.45) is 0. The van der Waals surface area contributed by atoms with E-state index < -0.39 is 15.5 Å². The largest absolute Gasteiger partial charge is 0.481 e. The van der Waals surface area contributed by atoms with Crippen molar-refractivity contribution in [3.05, 3.63) is 38.4 Å². The van der Waals surface area contributed by atoms with Crippen LogP contribution in [0.15, 0.2) is 18.2 Å². The SMILES string of the molecule is C[N+](C)(C)CCOc1ccc([N+](=O)[O-])cc1[N+](=O)[O-]. The van der Waals surface area contributed by atoms with Crippen LogP contribution < -0.4 is 4.74 Å². The van der Waals surface area contributed by atoms with Gasteiger partial charge < -0.3 is 9.22 Å². The summed E-state index contributed by atoms with van der Waals surface area (Å²) in [5.41, 5.74) is -0.721. The lowest BCUT2D eigenvalue weighted by Crippen LogP contribution is -2.38. The Morgan fingerprint density at radius 3 is 2.26 bits per heavy atom. The second-order valence-electron chi connectivity index (χ2n) is 5.03. The zero-order chi connectivity index (χ0) is 14.6. The molecule has 0 aliphatic heterocycles. The number of hydrogen-bond donors (Lipinski definition) is 0. The zero-order valence-electron chi connectivity index (χ0n) is 11.0. The van der Waals surface area contributed by atoms with Gasteiger partial charge >= 0.3 is 5.69 Å². The molecule has 0 spiro atoms. The third-order valence-corrected chi connectivity index (χ3v) is 2.37. The number of nitro benzene ring substituents is 2. The second kappa shape index (κ2) is 5.61. The fourth-order valence-electron chi connectivity index (χ4n) is 1.31. The molecule has 0 N–H and O–H groups in total. The molecule has 8 nitrogen and oxygen atoms in total. The highest BCUT2D eigenvalue weighted by Gasteiger charge is 2.21. The van der Waals surface area contributed by atoms with E-state index in [9.17, 15) is 20.2 Å². The van der Waals surface area contributed by atoms with Gasteiger partial charge in [-0.15, -0.1) is 0 Å². The fraction of sp³-hybridized carbons (Fsp3) is 0.455. The summed E-state index contributed by atoms with van der Waals surface area (Å²) in [7, 11) is 5.90. The monoisotopic (exact) mass is 270 g/mol. The van der Waals surface area contributed by atoms with Crippen LogP contribution >= 0.6 is 0 Å². The fourth-order valence-corrected chi connectivity index (χ4v) is 1.31. The van der Waals surface area contributed by atoms with Gasteiger partial charge in [-0.3, -0.25) is 20.2 Å². The van der Waals surface area contributed by atoms with Crippen LogP contribution in [-0.4, -0.2) is 48.6 Å². The first kappa shape index (κ1) is 14.8. The smallest absolute Gasteiger partial charge is 0.317 e. The topological polar surface area (TPSA) is 95.5 Å². The molecule has 0 atom stereocenters. The van der Waals surface area contributed by atoms with Crippen LogP contribution in [0.25, 0.3) is 0 Å². The van der Waals surface area contributed by atoms with Crippen molar-refractivity contribution < 1.29 is 19.1 Å². The predicted molar refractivity (Wildman–Crippen MR) is 68.1 cm³/mol. The highest BCUT2D eigenvalue weighted by Crippen LogP contribution is 2.30. The second-order valence-corrected chi connectivity index (χ2v) is 5.03. The first-order valence-corrected chi connectivity index (χ1v) is 5.57. The van der Waals surface area contributed by atoms with Crippen molar-refractivity contribution in [3.8, 4) is 5.75 Å². The number of quaternary nitrogens is 1. The predicted octanol–water partition coefficient (Wildman–Crippen LogP) is 1.59. The molecule has 0 aliphatic rings. The average molecular weight is 270 g/mol. The van der Waals surface area contributed by atoms with E-state index in [1.165, 1.54) is 12.1 Å². The minimum atomic E-state index is -0.686. The normalized spacial score (nSPS) is 11.1. The lowest BCUT2D eigenvalue weighted by atomic mass is 10.2. The molecule has 104 valence electrons. The number of likely N-dealkylation sites (N-methyl/N-ethyl adjacent to an activating group) is 1. The van der Waals surface area contributed by atoms with Gasteiger partial charge in [-0.2, -0.15) is 0 Å². The van der Waals surface area contributed by atoms with Crippen molar-refractivity contribution in [2.45, 2.75) is 0 Å². The van der Waals surface area contributed by atoms with E-state index in [0.717, 1.165) is 6.07 Å². The maximum Gasteiger partial charge on any atom is 0.317 e. The molecule has 1 rings (SSSR count). The first-order valence-electron chi connectivity index (χ1n) is 5.57. The van der Waals surface area contributed by atoms with Crippen LogP contribution in [0.5, 0.6) is 5.75 Å². The lowest BCUT2D eigenvalue weighted by molar-refractivity contribution is -0.870. The number of benzene rings is 1. The van der Waals surface area contributed by atoms with Gasteiger partial charge in [0, 0.05) is 6.07 Å². The summed E-state index contributed by atoms with van der Waals surface area (Å²) in [5, 5.41) is 21.4. The van der Waals surface area contributed by atoms with Crippen molar-refractivity contribution in [2.75, 3.05) is 34.3 Å². The molecule has 1 aromatic carbocycles.